The van der Waals surface area contributed by atoms with Crippen LogP contribution in [0.4, 0.5) is 4.79 Å². The van der Waals surface area contributed by atoms with E-state index in [0.717, 1.165) is 40.9 Å². The number of imide groups is 1. The lowest BCUT2D eigenvalue weighted by Crippen LogP contribution is -2.44. The molecular weight excluding hydrogens is 392 g/mol. The number of fused-ring (bicyclic) bond motifs is 3. The van der Waals surface area contributed by atoms with E-state index in [4.69, 9.17) is 0 Å². The lowest BCUT2D eigenvalue weighted by molar-refractivity contribution is -0.135. The van der Waals surface area contributed by atoms with Crippen LogP contribution in [0, 0.1) is 0 Å². The average Bonchev–Trinajstić information content (AvgIpc) is 3.43. The zero-order valence-corrected chi connectivity index (χ0v) is 17.1. The molecule has 2 aromatic carbocycles. The summed E-state index contributed by atoms with van der Waals surface area (Å²) in [7, 11) is 0. The SMILES string of the molecule is O=C(CN1C(=O)NC2(CCc3ccccc32)C1=O)NCCCn1ccc2ccccc21. The van der Waals surface area contributed by atoms with Crippen molar-refractivity contribution in [1.82, 2.24) is 20.1 Å². The highest BCUT2D eigenvalue weighted by Crippen LogP contribution is 2.41. The molecule has 1 atom stereocenters. The van der Waals surface area contributed by atoms with Gasteiger partial charge in [0.25, 0.3) is 5.91 Å². The Labute approximate surface area is 180 Å². The Bertz CT molecular complexity index is 1180. The van der Waals surface area contributed by atoms with Crippen LogP contribution in [-0.4, -0.2) is 40.4 Å². The zero-order chi connectivity index (χ0) is 21.4. The Morgan fingerprint density at radius 2 is 1.87 bits per heavy atom. The fourth-order valence-electron chi connectivity index (χ4n) is 4.75. The Kier molecular flexibility index (Phi) is 4.73. The number of hydrogen-bond acceptors (Lipinski definition) is 3. The summed E-state index contributed by atoms with van der Waals surface area (Å²) in [5.74, 6) is -0.666. The maximum Gasteiger partial charge on any atom is 0.325 e. The average molecular weight is 416 g/mol. The van der Waals surface area contributed by atoms with E-state index in [1.165, 1.54) is 5.39 Å². The molecule has 2 N–H and O–H groups in total. The van der Waals surface area contributed by atoms with Gasteiger partial charge in [0.05, 0.1) is 0 Å². The number of nitrogens with zero attached hydrogens (tertiary/aromatic N) is 2. The fourth-order valence-corrected chi connectivity index (χ4v) is 4.75. The van der Waals surface area contributed by atoms with Gasteiger partial charge in [-0.25, -0.2) is 4.79 Å². The van der Waals surface area contributed by atoms with Crippen molar-refractivity contribution in [2.75, 3.05) is 13.1 Å². The molecule has 158 valence electrons. The first-order chi connectivity index (χ1) is 15.1. The van der Waals surface area contributed by atoms with Gasteiger partial charge >= 0.3 is 6.03 Å². The molecule has 1 spiro atoms. The summed E-state index contributed by atoms with van der Waals surface area (Å²) >= 11 is 0. The first-order valence-electron chi connectivity index (χ1n) is 10.6. The molecule has 1 saturated heterocycles. The number of rotatable bonds is 6. The van der Waals surface area contributed by atoms with E-state index in [0.29, 0.717) is 13.0 Å². The first-order valence-corrected chi connectivity index (χ1v) is 10.6. The molecule has 5 rings (SSSR count). The minimum atomic E-state index is -1.02. The van der Waals surface area contributed by atoms with Gasteiger partial charge in [0, 0.05) is 24.8 Å². The normalized spacial score (nSPS) is 19.8. The molecule has 1 aromatic heterocycles. The molecule has 2 aliphatic rings. The molecule has 1 unspecified atom stereocenters. The number of carbonyl (C=O) groups is 3. The fraction of sp³-hybridized carbons (Fsp3) is 0.292. The number of nitrogens with one attached hydrogen (secondary N) is 2. The molecule has 0 saturated carbocycles. The monoisotopic (exact) mass is 416 g/mol. The number of aromatic nitrogens is 1. The predicted molar refractivity (Wildman–Crippen MR) is 116 cm³/mol. The highest BCUT2D eigenvalue weighted by molar-refractivity contribution is 6.09. The van der Waals surface area contributed by atoms with E-state index in [2.05, 4.69) is 33.4 Å². The highest BCUT2D eigenvalue weighted by atomic mass is 16.2. The summed E-state index contributed by atoms with van der Waals surface area (Å²) in [6.07, 6.45) is 4.05. The molecule has 1 aliphatic carbocycles. The molecule has 0 bridgehead atoms. The van der Waals surface area contributed by atoms with Gasteiger partial charge in [0.15, 0.2) is 0 Å². The number of benzene rings is 2. The van der Waals surface area contributed by atoms with Gasteiger partial charge in [-0.15, -0.1) is 0 Å². The minimum Gasteiger partial charge on any atom is -0.354 e. The molecule has 1 fully saturated rings. The minimum absolute atomic E-state index is 0.263. The van der Waals surface area contributed by atoms with Gasteiger partial charge in [0.2, 0.25) is 5.91 Å². The van der Waals surface area contributed by atoms with Crippen molar-refractivity contribution in [2.24, 2.45) is 0 Å². The van der Waals surface area contributed by atoms with Crippen LogP contribution in [0.2, 0.25) is 0 Å². The van der Waals surface area contributed by atoms with E-state index in [9.17, 15) is 14.4 Å². The van der Waals surface area contributed by atoms with Gasteiger partial charge in [-0.1, -0.05) is 42.5 Å². The van der Waals surface area contributed by atoms with E-state index >= 15 is 0 Å². The molecule has 1 aliphatic heterocycles. The molecule has 0 radical (unpaired) electrons. The molecule has 3 aromatic rings. The summed E-state index contributed by atoms with van der Waals surface area (Å²) in [5, 5.41) is 6.87. The highest BCUT2D eigenvalue weighted by Gasteiger charge is 2.55. The summed E-state index contributed by atoms with van der Waals surface area (Å²) in [6, 6.07) is 17.4. The van der Waals surface area contributed by atoms with Crippen LogP contribution in [0.3, 0.4) is 0 Å². The van der Waals surface area contributed by atoms with Crippen molar-refractivity contribution in [3.63, 3.8) is 0 Å². The smallest absolute Gasteiger partial charge is 0.325 e. The number of carbonyl (C=O) groups excluding carboxylic acids is 3. The van der Waals surface area contributed by atoms with Crippen molar-refractivity contribution in [3.05, 3.63) is 71.9 Å². The Balaban J connectivity index is 1.17. The second-order valence-corrected chi connectivity index (χ2v) is 8.16. The number of para-hydroxylation sites is 1. The summed E-state index contributed by atoms with van der Waals surface area (Å²) in [5.41, 5.74) is 2.05. The molecule has 31 heavy (non-hydrogen) atoms. The van der Waals surface area contributed by atoms with E-state index in [-0.39, 0.29) is 18.4 Å². The van der Waals surface area contributed by atoms with Crippen LogP contribution in [0.5, 0.6) is 0 Å². The van der Waals surface area contributed by atoms with Crippen LogP contribution in [-0.2, 0) is 28.1 Å². The Morgan fingerprint density at radius 1 is 1.06 bits per heavy atom. The first kappa shape index (κ1) is 19.4. The maximum atomic E-state index is 13.1. The van der Waals surface area contributed by atoms with Crippen molar-refractivity contribution in [1.29, 1.82) is 0 Å². The second kappa shape index (κ2) is 7.58. The molecule has 2 heterocycles. The topological polar surface area (TPSA) is 83.4 Å². The number of hydrogen-bond donors (Lipinski definition) is 2. The van der Waals surface area contributed by atoms with Gasteiger partial charge < -0.3 is 15.2 Å². The summed E-state index contributed by atoms with van der Waals surface area (Å²) < 4.78 is 2.15. The molecule has 7 nitrogen and oxygen atoms in total. The summed E-state index contributed by atoms with van der Waals surface area (Å²) in [6.45, 7) is 0.987. The van der Waals surface area contributed by atoms with Gasteiger partial charge in [0.1, 0.15) is 12.1 Å². The molecule has 7 heteroatoms. The lowest BCUT2D eigenvalue weighted by atomic mass is 9.92. The third kappa shape index (κ3) is 3.26. The lowest BCUT2D eigenvalue weighted by Gasteiger charge is -2.22. The Morgan fingerprint density at radius 3 is 2.77 bits per heavy atom. The van der Waals surface area contributed by atoms with E-state index < -0.39 is 11.6 Å². The number of amides is 4. The molecular formula is C24H24N4O3. The predicted octanol–water partition coefficient (Wildman–Crippen LogP) is 2.54. The van der Waals surface area contributed by atoms with E-state index in [1.807, 2.05) is 42.6 Å². The third-order valence-corrected chi connectivity index (χ3v) is 6.30. The third-order valence-electron chi connectivity index (χ3n) is 6.30. The standard InChI is InChI=1S/C24H24N4O3/c29-21(25-13-5-14-27-15-11-18-7-2-4-9-20(18)27)16-28-22(30)24(26-23(28)31)12-10-17-6-1-3-8-19(17)24/h1-4,6-9,11,15H,5,10,12-14,16H2,(H,25,29)(H,26,31). The second-order valence-electron chi connectivity index (χ2n) is 8.16. The van der Waals surface area contributed by atoms with Crippen LogP contribution in [0.15, 0.2) is 60.8 Å². The quantitative estimate of drug-likeness (QED) is 0.479. The van der Waals surface area contributed by atoms with Crippen LogP contribution >= 0.6 is 0 Å². The van der Waals surface area contributed by atoms with Crippen molar-refractivity contribution < 1.29 is 14.4 Å². The van der Waals surface area contributed by atoms with Crippen molar-refractivity contribution in [2.45, 2.75) is 31.3 Å². The van der Waals surface area contributed by atoms with Crippen LogP contribution in [0.25, 0.3) is 10.9 Å². The van der Waals surface area contributed by atoms with Gasteiger partial charge in [-0.3, -0.25) is 14.5 Å². The van der Waals surface area contributed by atoms with Crippen molar-refractivity contribution in [3.8, 4) is 0 Å². The number of urea groups is 1. The number of aryl methyl sites for hydroxylation is 2. The van der Waals surface area contributed by atoms with Crippen molar-refractivity contribution >= 4 is 28.7 Å². The van der Waals surface area contributed by atoms with Gasteiger partial charge in [-0.05, 0) is 47.9 Å². The maximum absolute atomic E-state index is 13.1. The van der Waals surface area contributed by atoms with Gasteiger partial charge in [-0.2, -0.15) is 0 Å². The zero-order valence-electron chi connectivity index (χ0n) is 17.1. The van der Waals surface area contributed by atoms with E-state index in [1.54, 1.807) is 0 Å². The molecule has 4 amide bonds. The summed E-state index contributed by atoms with van der Waals surface area (Å²) in [4.78, 5) is 39.1. The van der Waals surface area contributed by atoms with Crippen LogP contribution < -0.4 is 10.6 Å². The Hall–Kier alpha value is -3.61. The largest absolute Gasteiger partial charge is 0.354 e. The van der Waals surface area contributed by atoms with Crippen LogP contribution in [0.1, 0.15) is 24.0 Å².